The molecule has 0 saturated carbocycles. The number of halogens is 1. The van der Waals surface area contributed by atoms with Gasteiger partial charge in [0.2, 0.25) is 5.34 Å². The van der Waals surface area contributed by atoms with Crippen molar-refractivity contribution in [2.75, 3.05) is 19.8 Å². The van der Waals surface area contributed by atoms with Gasteiger partial charge in [-0.3, -0.25) is 9.79 Å². The summed E-state index contributed by atoms with van der Waals surface area (Å²) in [4.78, 5) is 0. The fraction of sp³-hybridized carbons (Fsp3) is 0.500. The lowest BCUT2D eigenvalue weighted by Gasteiger charge is -2.38. The number of nitrogens with zero attached hydrogens (tertiary/aromatic N) is 1. The first kappa shape index (κ1) is 18.2. The molecule has 0 aliphatic heterocycles. The highest BCUT2D eigenvalue weighted by Gasteiger charge is 2.51. The Morgan fingerprint density at radius 1 is 1.38 bits per heavy atom. The van der Waals surface area contributed by atoms with Gasteiger partial charge in [-0.15, -0.1) is 0 Å². The van der Waals surface area contributed by atoms with Crippen molar-refractivity contribution in [3.8, 4) is 0 Å². The molecule has 1 rings (SSSR count). The molecule has 1 aromatic rings. The van der Waals surface area contributed by atoms with E-state index in [1.807, 2.05) is 0 Å². The van der Waals surface area contributed by atoms with Crippen LogP contribution in [0.3, 0.4) is 0 Å². The van der Waals surface area contributed by atoms with E-state index in [-0.39, 0.29) is 18.8 Å². The molecule has 0 spiro atoms. The standard InChI is InChI=1S/C12H18FNO6P/c1-3-19-21(18,20-4-2)12(15,9-14(16)17)10-6-5-7-11(13)8-10/h5-8,15-16H,3-4,9H2,1-2H3/q-1/t12-/m1/s1. The number of rotatable bonds is 8. The van der Waals surface area contributed by atoms with Crippen LogP contribution in [0.5, 0.6) is 0 Å². The molecule has 1 atom stereocenters. The number of hydroxylamine groups is 2. The monoisotopic (exact) mass is 322 g/mol. The predicted octanol–water partition coefficient (Wildman–Crippen LogP) is 2.43. The van der Waals surface area contributed by atoms with Crippen molar-refractivity contribution in [2.45, 2.75) is 19.2 Å². The van der Waals surface area contributed by atoms with Crippen molar-refractivity contribution in [3.63, 3.8) is 0 Å². The zero-order valence-electron chi connectivity index (χ0n) is 11.7. The highest BCUT2D eigenvalue weighted by molar-refractivity contribution is 7.55. The van der Waals surface area contributed by atoms with E-state index in [1.54, 1.807) is 0 Å². The lowest BCUT2D eigenvalue weighted by Crippen LogP contribution is -2.38. The van der Waals surface area contributed by atoms with Crippen LogP contribution < -0.4 is 0 Å². The third-order valence-electron chi connectivity index (χ3n) is 2.69. The molecule has 0 amide bonds. The Morgan fingerprint density at radius 3 is 2.38 bits per heavy atom. The van der Waals surface area contributed by atoms with Crippen LogP contribution in [0.2, 0.25) is 0 Å². The zero-order chi connectivity index (χ0) is 16.1. The molecule has 0 aliphatic rings. The van der Waals surface area contributed by atoms with E-state index in [4.69, 9.17) is 14.3 Å². The van der Waals surface area contributed by atoms with Crippen molar-refractivity contribution in [3.05, 3.63) is 40.9 Å². The van der Waals surface area contributed by atoms with Crippen LogP contribution in [0.4, 0.5) is 4.39 Å². The van der Waals surface area contributed by atoms with Gasteiger partial charge < -0.3 is 24.6 Å². The summed E-state index contributed by atoms with van der Waals surface area (Å²) in [7, 11) is -4.25. The van der Waals surface area contributed by atoms with Gasteiger partial charge in [-0.1, -0.05) is 12.1 Å². The molecule has 0 aliphatic carbocycles. The Kier molecular flexibility index (Phi) is 6.42. The predicted molar refractivity (Wildman–Crippen MR) is 73.0 cm³/mol. The Labute approximate surface area is 122 Å². The number of aliphatic hydroxyl groups is 1. The molecule has 0 fully saturated rings. The number of hydrogen-bond acceptors (Lipinski definition) is 7. The third-order valence-corrected chi connectivity index (χ3v) is 5.20. The molecule has 120 valence electrons. The molecule has 7 nitrogen and oxygen atoms in total. The van der Waals surface area contributed by atoms with Gasteiger partial charge >= 0.3 is 7.60 Å². The van der Waals surface area contributed by atoms with Gasteiger partial charge in [0, 0.05) is 0 Å². The maximum absolute atomic E-state index is 13.4. The van der Waals surface area contributed by atoms with Crippen molar-refractivity contribution >= 4 is 7.60 Å². The first-order valence-electron chi connectivity index (χ1n) is 6.30. The summed E-state index contributed by atoms with van der Waals surface area (Å²) in [5.74, 6) is -0.708. The summed E-state index contributed by atoms with van der Waals surface area (Å²) in [6, 6.07) is 4.54. The molecule has 0 heterocycles. The minimum Gasteiger partial charge on any atom is -0.762 e. The van der Waals surface area contributed by atoms with E-state index in [0.29, 0.717) is 0 Å². The average Bonchev–Trinajstić information content (AvgIpc) is 2.38. The zero-order valence-corrected chi connectivity index (χ0v) is 12.6. The van der Waals surface area contributed by atoms with Gasteiger partial charge in [0.15, 0.2) is 0 Å². The minimum atomic E-state index is -4.25. The Bertz CT molecular complexity index is 504. The quantitative estimate of drug-likeness (QED) is 0.559. The molecule has 0 bridgehead atoms. The van der Waals surface area contributed by atoms with E-state index in [1.165, 1.54) is 26.0 Å². The van der Waals surface area contributed by atoms with E-state index >= 15 is 0 Å². The van der Waals surface area contributed by atoms with Crippen LogP contribution in [-0.4, -0.2) is 35.3 Å². The van der Waals surface area contributed by atoms with Crippen molar-refractivity contribution in [1.82, 2.24) is 5.23 Å². The molecule has 0 aromatic heterocycles. The van der Waals surface area contributed by atoms with Gasteiger partial charge in [-0.25, -0.2) is 4.39 Å². The Balaban J connectivity index is 3.40. The molecule has 0 saturated heterocycles. The normalized spacial score (nSPS) is 15.2. The molecular weight excluding hydrogens is 304 g/mol. The van der Waals surface area contributed by atoms with Crippen molar-refractivity contribution in [2.24, 2.45) is 0 Å². The summed E-state index contributed by atoms with van der Waals surface area (Å²) in [5, 5.41) is 27.4. The largest absolute Gasteiger partial charge is 0.762 e. The van der Waals surface area contributed by atoms with Crippen molar-refractivity contribution in [1.29, 1.82) is 0 Å². The van der Waals surface area contributed by atoms with E-state index in [0.717, 1.165) is 12.1 Å². The van der Waals surface area contributed by atoms with Crippen LogP contribution in [0.25, 0.3) is 0 Å². The molecule has 2 N–H and O–H groups in total. The summed E-state index contributed by atoms with van der Waals surface area (Å²) < 4.78 is 36.2. The number of benzene rings is 1. The number of hydrogen-bond donors (Lipinski definition) is 2. The second-order valence-electron chi connectivity index (χ2n) is 4.17. The second kappa shape index (κ2) is 7.42. The van der Waals surface area contributed by atoms with E-state index in [9.17, 15) is 19.3 Å². The third kappa shape index (κ3) is 4.08. The maximum Gasteiger partial charge on any atom is 0.367 e. The maximum atomic E-state index is 13.4. The topological polar surface area (TPSA) is 102 Å². The summed E-state index contributed by atoms with van der Waals surface area (Å²) >= 11 is 0. The van der Waals surface area contributed by atoms with Gasteiger partial charge in [0.25, 0.3) is 0 Å². The molecular formula is C12H18FNO6P-. The second-order valence-corrected chi connectivity index (χ2v) is 6.42. The summed E-state index contributed by atoms with van der Waals surface area (Å²) in [6.45, 7) is 1.88. The SMILES string of the molecule is CCOP(=O)(OCC)[C@](O)(CN([O-])O)c1cccc(F)c1. The lowest BCUT2D eigenvalue weighted by atomic mass is 10.1. The van der Waals surface area contributed by atoms with Crippen LogP contribution >= 0.6 is 7.60 Å². The molecule has 0 radical (unpaired) electrons. The fourth-order valence-electron chi connectivity index (χ4n) is 1.85. The Morgan fingerprint density at radius 2 is 1.95 bits per heavy atom. The minimum absolute atomic E-state index is 0.0702. The average molecular weight is 322 g/mol. The molecule has 1 aromatic carbocycles. The first-order valence-corrected chi connectivity index (χ1v) is 7.84. The van der Waals surface area contributed by atoms with Crippen LogP contribution in [0.1, 0.15) is 19.4 Å². The van der Waals surface area contributed by atoms with Gasteiger partial charge in [-0.2, -0.15) is 0 Å². The fourth-order valence-corrected chi connectivity index (χ4v) is 3.78. The molecule has 0 unspecified atom stereocenters. The highest BCUT2D eigenvalue weighted by Crippen LogP contribution is 2.63. The van der Waals surface area contributed by atoms with Gasteiger partial charge in [-0.05, 0) is 31.5 Å². The lowest BCUT2D eigenvalue weighted by molar-refractivity contribution is -0.0891. The van der Waals surface area contributed by atoms with Crippen LogP contribution in [0.15, 0.2) is 24.3 Å². The first-order chi connectivity index (χ1) is 9.79. The van der Waals surface area contributed by atoms with Crippen LogP contribution in [0, 0.1) is 11.0 Å². The van der Waals surface area contributed by atoms with Crippen LogP contribution in [-0.2, 0) is 19.0 Å². The highest BCUT2D eigenvalue weighted by atomic mass is 31.2. The van der Waals surface area contributed by atoms with E-state index < -0.39 is 30.5 Å². The Hall–Kier alpha value is -0.860. The van der Waals surface area contributed by atoms with Gasteiger partial charge in [0.05, 0.1) is 19.8 Å². The molecule has 21 heavy (non-hydrogen) atoms. The molecule has 9 heteroatoms. The van der Waals surface area contributed by atoms with E-state index in [2.05, 4.69) is 0 Å². The summed E-state index contributed by atoms with van der Waals surface area (Å²) in [6.07, 6.45) is 0. The van der Waals surface area contributed by atoms with Gasteiger partial charge in [0.1, 0.15) is 5.82 Å². The van der Waals surface area contributed by atoms with Crippen molar-refractivity contribution < 1.29 is 28.3 Å². The smallest absolute Gasteiger partial charge is 0.367 e. The summed E-state index contributed by atoms with van der Waals surface area (Å²) in [5.41, 5.74) is -0.192.